The Morgan fingerprint density at radius 3 is 2.50 bits per heavy atom. The maximum Gasteiger partial charge on any atom is 0.261 e. The fraction of sp³-hybridized carbons (Fsp3) is 0.273. The van der Waals surface area contributed by atoms with E-state index >= 15 is 0 Å². The molecule has 3 heterocycles. The number of nitrogens with one attached hydrogen (secondary N) is 3. The zero-order valence-corrected chi connectivity index (χ0v) is 15.7. The van der Waals surface area contributed by atoms with Gasteiger partial charge in [-0.25, -0.2) is 4.98 Å². The van der Waals surface area contributed by atoms with E-state index in [0.29, 0.717) is 11.4 Å². The molecule has 142 valence electrons. The fourth-order valence-corrected chi connectivity index (χ4v) is 4.03. The summed E-state index contributed by atoms with van der Waals surface area (Å²) in [7, 11) is 0. The van der Waals surface area contributed by atoms with Crippen LogP contribution in [-0.4, -0.2) is 39.6 Å². The van der Waals surface area contributed by atoms with Crippen LogP contribution >= 0.6 is 0 Å². The average molecular weight is 373 g/mol. The molecule has 0 unspecified atom stereocenters. The molecule has 5 rings (SSSR count). The number of aromatic amines is 2. The van der Waals surface area contributed by atoms with Crippen LogP contribution in [-0.2, 0) is 0 Å². The van der Waals surface area contributed by atoms with Crippen molar-refractivity contribution in [2.75, 3.05) is 25.1 Å². The lowest BCUT2D eigenvalue weighted by Gasteiger charge is -2.27. The number of hydrogen-bond acceptors (Lipinski definition) is 4. The van der Waals surface area contributed by atoms with Crippen LogP contribution in [0.15, 0.2) is 53.3 Å². The number of pyridine rings is 1. The topological polar surface area (TPSA) is 76.8 Å². The summed E-state index contributed by atoms with van der Waals surface area (Å²) in [5.41, 5.74) is 3.86. The van der Waals surface area contributed by atoms with Gasteiger partial charge in [-0.3, -0.25) is 9.69 Å². The standard InChI is InChI=1S/C22H23N5O/c28-22-19(21-24-17-10-4-5-11-18(17)25-21)20(15-8-2-3-9-16(15)26-22)23-14-27-12-6-1-7-13-27/h2-5,8-11H,1,6-7,12-14H2,(H,24,25)(H2,23,26,28). The van der Waals surface area contributed by atoms with Crippen molar-refractivity contribution in [1.82, 2.24) is 19.9 Å². The highest BCUT2D eigenvalue weighted by Gasteiger charge is 2.19. The van der Waals surface area contributed by atoms with E-state index in [2.05, 4.69) is 25.2 Å². The molecule has 0 radical (unpaired) electrons. The molecule has 4 aromatic rings. The Morgan fingerprint density at radius 1 is 0.929 bits per heavy atom. The summed E-state index contributed by atoms with van der Waals surface area (Å²) < 4.78 is 0. The number of imidazole rings is 1. The Balaban J connectivity index is 1.64. The van der Waals surface area contributed by atoms with Crippen LogP contribution in [0.25, 0.3) is 33.3 Å². The number of H-pyrrole nitrogens is 2. The van der Waals surface area contributed by atoms with Crippen molar-refractivity contribution in [1.29, 1.82) is 0 Å². The number of benzene rings is 2. The van der Waals surface area contributed by atoms with E-state index in [1.807, 2.05) is 48.5 Å². The van der Waals surface area contributed by atoms with Crippen molar-refractivity contribution in [2.45, 2.75) is 19.3 Å². The summed E-state index contributed by atoms with van der Waals surface area (Å²) in [4.78, 5) is 26.4. The smallest absolute Gasteiger partial charge is 0.261 e. The van der Waals surface area contributed by atoms with Gasteiger partial charge in [-0.1, -0.05) is 36.8 Å². The summed E-state index contributed by atoms with van der Waals surface area (Å²) >= 11 is 0. The number of anilines is 1. The minimum absolute atomic E-state index is 0.140. The maximum atomic E-state index is 13.0. The first-order valence-electron chi connectivity index (χ1n) is 9.86. The van der Waals surface area contributed by atoms with Crippen molar-refractivity contribution >= 4 is 27.6 Å². The van der Waals surface area contributed by atoms with E-state index in [1.165, 1.54) is 19.3 Å². The number of aromatic nitrogens is 3. The van der Waals surface area contributed by atoms with Crippen molar-refractivity contribution < 1.29 is 0 Å². The number of hydrogen-bond donors (Lipinski definition) is 3. The first-order valence-corrected chi connectivity index (χ1v) is 9.86. The number of fused-ring (bicyclic) bond motifs is 2. The van der Waals surface area contributed by atoms with Gasteiger partial charge in [0.05, 0.1) is 28.9 Å². The fourth-order valence-electron chi connectivity index (χ4n) is 4.03. The second-order valence-corrected chi connectivity index (χ2v) is 7.37. The maximum absolute atomic E-state index is 13.0. The molecule has 1 aliphatic rings. The molecular formula is C22H23N5O. The number of para-hydroxylation sites is 3. The Bertz CT molecular complexity index is 1150. The molecule has 0 spiro atoms. The number of rotatable bonds is 4. The van der Waals surface area contributed by atoms with Crippen LogP contribution in [0.5, 0.6) is 0 Å². The van der Waals surface area contributed by atoms with Gasteiger partial charge in [0.15, 0.2) is 0 Å². The molecule has 0 amide bonds. The molecule has 1 aliphatic heterocycles. The van der Waals surface area contributed by atoms with Crippen LogP contribution in [0.1, 0.15) is 19.3 Å². The van der Waals surface area contributed by atoms with E-state index < -0.39 is 0 Å². The largest absolute Gasteiger partial charge is 0.371 e. The normalized spacial score (nSPS) is 15.3. The van der Waals surface area contributed by atoms with Gasteiger partial charge in [0.25, 0.3) is 5.56 Å². The zero-order chi connectivity index (χ0) is 18.9. The van der Waals surface area contributed by atoms with Crippen LogP contribution < -0.4 is 10.9 Å². The Labute approximate surface area is 162 Å². The second kappa shape index (κ2) is 7.13. The van der Waals surface area contributed by atoms with Gasteiger partial charge >= 0.3 is 0 Å². The van der Waals surface area contributed by atoms with Crippen LogP contribution in [0.2, 0.25) is 0 Å². The summed E-state index contributed by atoms with van der Waals surface area (Å²) in [6, 6.07) is 15.7. The van der Waals surface area contributed by atoms with Gasteiger partial charge in [0, 0.05) is 5.39 Å². The molecule has 2 aromatic heterocycles. The summed E-state index contributed by atoms with van der Waals surface area (Å²) in [5, 5.41) is 4.55. The van der Waals surface area contributed by atoms with E-state index in [9.17, 15) is 4.79 Å². The Morgan fingerprint density at radius 2 is 1.68 bits per heavy atom. The summed E-state index contributed by atoms with van der Waals surface area (Å²) in [5.74, 6) is 0.592. The molecule has 6 nitrogen and oxygen atoms in total. The molecule has 28 heavy (non-hydrogen) atoms. The molecule has 1 fully saturated rings. The monoisotopic (exact) mass is 373 g/mol. The van der Waals surface area contributed by atoms with E-state index in [4.69, 9.17) is 0 Å². The summed E-state index contributed by atoms with van der Waals surface area (Å²) in [6.45, 7) is 2.91. The molecule has 0 aliphatic carbocycles. The molecule has 0 saturated carbocycles. The van der Waals surface area contributed by atoms with Crippen molar-refractivity contribution in [2.24, 2.45) is 0 Å². The molecule has 0 bridgehead atoms. The van der Waals surface area contributed by atoms with E-state index in [0.717, 1.165) is 47.4 Å². The zero-order valence-electron chi connectivity index (χ0n) is 15.7. The Hall–Kier alpha value is -3.12. The quantitative estimate of drug-likeness (QED) is 0.507. The molecule has 2 aromatic carbocycles. The van der Waals surface area contributed by atoms with Crippen LogP contribution in [0.3, 0.4) is 0 Å². The lowest BCUT2D eigenvalue weighted by molar-refractivity contribution is 0.244. The Kier molecular flexibility index (Phi) is 4.33. The molecule has 3 N–H and O–H groups in total. The van der Waals surface area contributed by atoms with Crippen molar-refractivity contribution in [3.8, 4) is 11.4 Å². The van der Waals surface area contributed by atoms with Crippen LogP contribution in [0.4, 0.5) is 5.69 Å². The lowest BCUT2D eigenvalue weighted by atomic mass is 10.1. The van der Waals surface area contributed by atoms with Gasteiger partial charge in [-0.2, -0.15) is 0 Å². The first-order chi connectivity index (χ1) is 13.8. The number of likely N-dealkylation sites (tertiary alicyclic amines) is 1. The minimum Gasteiger partial charge on any atom is -0.371 e. The number of nitrogens with zero attached hydrogens (tertiary/aromatic N) is 2. The molecular weight excluding hydrogens is 350 g/mol. The third-order valence-corrected chi connectivity index (χ3v) is 5.48. The van der Waals surface area contributed by atoms with Gasteiger partial charge in [0.2, 0.25) is 0 Å². The third-order valence-electron chi connectivity index (χ3n) is 5.48. The van der Waals surface area contributed by atoms with Gasteiger partial charge in [0.1, 0.15) is 11.4 Å². The molecule has 0 atom stereocenters. The van der Waals surface area contributed by atoms with Gasteiger partial charge in [-0.05, 0) is 44.1 Å². The van der Waals surface area contributed by atoms with Gasteiger partial charge < -0.3 is 15.3 Å². The first kappa shape index (κ1) is 17.0. The highest BCUT2D eigenvalue weighted by Crippen LogP contribution is 2.30. The molecule has 1 saturated heterocycles. The lowest BCUT2D eigenvalue weighted by Crippen LogP contribution is -2.34. The number of piperidine rings is 1. The summed E-state index contributed by atoms with van der Waals surface area (Å²) in [6.07, 6.45) is 3.76. The van der Waals surface area contributed by atoms with Gasteiger partial charge in [-0.15, -0.1) is 0 Å². The predicted octanol–water partition coefficient (Wildman–Crippen LogP) is 3.93. The predicted molar refractivity (Wildman–Crippen MR) is 114 cm³/mol. The average Bonchev–Trinajstić information content (AvgIpc) is 3.16. The minimum atomic E-state index is -0.140. The highest BCUT2D eigenvalue weighted by molar-refractivity contribution is 5.99. The van der Waals surface area contributed by atoms with Crippen LogP contribution in [0, 0.1) is 0 Å². The second-order valence-electron chi connectivity index (χ2n) is 7.37. The van der Waals surface area contributed by atoms with E-state index in [-0.39, 0.29) is 5.56 Å². The van der Waals surface area contributed by atoms with Crippen molar-refractivity contribution in [3.05, 3.63) is 58.9 Å². The van der Waals surface area contributed by atoms with Crippen molar-refractivity contribution in [3.63, 3.8) is 0 Å². The van der Waals surface area contributed by atoms with E-state index in [1.54, 1.807) is 0 Å². The highest BCUT2D eigenvalue weighted by atomic mass is 16.1. The SMILES string of the molecule is O=c1[nH]c2ccccc2c(NCN2CCCCC2)c1-c1nc2ccccc2[nH]1. The molecule has 6 heteroatoms. The third kappa shape index (κ3) is 3.05.